The average Bonchev–Trinajstić information content (AvgIpc) is 3.10. The zero-order chi connectivity index (χ0) is 30.7. The van der Waals surface area contributed by atoms with Crippen LogP contribution >= 0.6 is 0 Å². The van der Waals surface area contributed by atoms with Crippen molar-refractivity contribution in [2.75, 3.05) is 25.1 Å². The largest absolute Gasteiger partial charge is 0.497 e. The fourth-order valence-electron chi connectivity index (χ4n) is 6.86. The number of carbonyl (C=O) groups is 1. The van der Waals surface area contributed by atoms with Crippen LogP contribution in [0.5, 0.6) is 5.75 Å². The second kappa shape index (κ2) is 16.1. The molecule has 44 heavy (non-hydrogen) atoms. The Bertz CT molecular complexity index is 1360. The molecule has 0 spiro atoms. The Hall–Kier alpha value is -3.40. The fraction of sp³-hybridized carbons (Fsp3) is 0.500. The molecule has 2 heterocycles. The molecular weight excluding hydrogens is 540 g/mol. The van der Waals surface area contributed by atoms with Crippen molar-refractivity contribution in [2.45, 2.75) is 97.3 Å². The normalized spacial score (nSPS) is 22.3. The lowest BCUT2D eigenvalue weighted by molar-refractivity contribution is -0.114. The summed E-state index contributed by atoms with van der Waals surface area (Å²) < 4.78 is 5.34. The number of carbonyl (C=O) groups excluding carboxylic acids is 1. The van der Waals surface area contributed by atoms with Crippen LogP contribution in [0.15, 0.2) is 88.6 Å². The molecule has 2 atom stereocenters. The molecule has 3 aliphatic rings. The summed E-state index contributed by atoms with van der Waals surface area (Å²) in [5, 5.41) is 0. The van der Waals surface area contributed by atoms with Gasteiger partial charge in [0.05, 0.1) is 12.8 Å². The Morgan fingerprint density at radius 1 is 0.818 bits per heavy atom. The number of nitrogens with zero attached hydrogens (tertiary/aromatic N) is 2. The van der Waals surface area contributed by atoms with E-state index in [9.17, 15) is 4.79 Å². The molecule has 0 aromatic heterocycles. The molecule has 2 aromatic rings. The van der Waals surface area contributed by atoms with E-state index < -0.39 is 0 Å². The number of allylic oxidation sites excluding steroid dienone is 4. The molecular formula is C40H52N2O2. The first-order chi connectivity index (χ1) is 21.5. The third-order valence-corrected chi connectivity index (χ3v) is 9.82. The van der Waals surface area contributed by atoms with Gasteiger partial charge in [0, 0.05) is 30.9 Å². The summed E-state index contributed by atoms with van der Waals surface area (Å²) >= 11 is 0. The topological polar surface area (TPSA) is 41.9 Å². The minimum atomic E-state index is 0.204. The SMILES string of the molecule is COc1ccc(CCC2=C3N=C(CCCc4ccc(N5CCCCC(C)CCC5)cc4)C(C)CC=C3/C=C\C(=O)CC2)cc1. The quantitative estimate of drug-likeness (QED) is 0.291. The minimum absolute atomic E-state index is 0.204. The van der Waals surface area contributed by atoms with Gasteiger partial charge in [-0.15, -0.1) is 0 Å². The van der Waals surface area contributed by atoms with E-state index in [0.29, 0.717) is 12.3 Å². The van der Waals surface area contributed by atoms with Gasteiger partial charge < -0.3 is 9.64 Å². The average molecular weight is 593 g/mol. The van der Waals surface area contributed by atoms with Crippen molar-refractivity contribution < 1.29 is 9.53 Å². The van der Waals surface area contributed by atoms with Crippen LogP contribution in [0, 0.1) is 11.8 Å². The van der Waals surface area contributed by atoms with E-state index in [0.717, 1.165) is 67.9 Å². The molecule has 0 radical (unpaired) electrons. The van der Waals surface area contributed by atoms with Gasteiger partial charge in [-0.2, -0.15) is 0 Å². The Morgan fingerprint density at radius 3 is 2.34 bits per heavy atom. The summed E-state index contributed by atoms with van der Waals surface area (Å²) in [6.45, 7) is 7.08. The van der Waals surface area contributed by atoms with Gasteiger partial charge in [-0.1, -0.05) is 57.0 Å². The van der Waals surface area contributed by atoms with Crippen molar-refractivity contribution >= 4 is 17.2 Å². The molecule has 4 heteroatoms. The number of anilines is 1. The molecule has 5 rings (SSSR count). The summed E-state index contributed by atoms with van der Waals surface area (Å²) in [5.74, 6) is 2.35. The molecule has 2 aliphatic heterocycles. The number of benzene rings is 2. The fourth-order valence-corrected chi connectivity index (χ4v) is 6.86. The predicted molar refractivity (Wildman–Crippen MR) is 185 cm³/mol. The second-order valence-electron chi connectivity index (χ2n) is 13.2. The van der Waals surface area contributed by atoms with E-state index in [2.05, 4.69) is 61.2 Å². The van der Waals surface area contributed by atoms with E-state index in [1.807, 2.05) is 18.2 Å². The van der Waals surface area contributed by atoms with Gasteiger partial charge in [-0.25, -0.2) is 0 Å². The third-order valence-electron chi connectivity index (χ3n) is 9.82. The van der Waals surface area contributed by atoms with E-state index >= 15 is 0 Å². The number of aryl methyl sites for hydroxylation is 2. The number of hydrogen-bond donors (Lipinski definition) is 0. The molecule has 0 saturated carbocycles. The Morgan fingerprint density at radius 2 is 1.55 bits per heavy atom. The van der Waals surface area contributed by atoms with Crippen LogP contribution < -0.4 is 9.64 Å². The van der Waals surface area contributed by atoms with Crippen LogP contribution in [0.2, 0.25) is 0 Å². The molecule has 2 unspecified atom stereocenters. The van der Waals surface area contributed by atoms with E-state index in [4.69, 9.17) is 9.73 Å². The van der Waals surface area contributed by atoms with Gasteiger partial charge in [0.1, 0.15) is 5.75 Å². The molecule has 2 aromatic carbocycles. The number of ether oxygens (including phenoxy) is 1. The molecule has 0 amide bonds. The third kappa shape index (κ3) is 9.06. The van der Waals surface area contributed by atoms with Crippen molar-refractivity contribution in [2.24, 2.45) is 16.8 Å². The standard InChI is InChI=1S/C40H52N2O2/c1-30-8-4-5-28-42(29-7-9-30)36-22-14-32(15-23-36)10-6-11-39-31(2)12-18-34-20-24-37(43)25-21-35(40(34)41-39)19-13-33-16-26-38(44-3)27-17-33/h14-18,20,22-24,26-27,30-31H,4-13,19,21,25,28-29H2,1-3H3/b24-20-,40-35?. The summed E-state index contributed by atoms with van der Waals surface area (Å²) in [5.41, 5.74) is 8.92. The summed E-state index contributed by atoms with van der Waals surface area (Å²) in [7, 11) is 1.70. The molecule has 4 nitrogen and oxygen atoms in total. The lowest BCUT2D eigenvalue weighted by atomic mass is 9.92. The molecule has 1 saturated heterocycles. The monoisotopic (exact) mass is 592 g/mol. The Kier molecular flexibility index (Phi) is 11.7. The highest BCUT2D eigenvalue weighted by Crippen LogP contribution is 2.32. The number of fused-ring (bicyclic) bond motifs is 1. The van der Waals surface area contributed by atoms with Crippen molar-refractivity contribution in [1.29, 1.82) is 0 Å². The number of rotatable bonds is 9. The maximum absolute atomic E-state index is 12.5. The van der Waals surface area contributed by atoms with Gasteiger partial charge in [0.15, 0.2) is 5.78 Å². The smallest absolute Gasteiger partial charge is 0.156 e. The first kappa shape index (κ1) is 32.0. The number of aliphatic imine (C=N–C) groups is 1. The first-order valence-electron chi connectivity index (χ1n) is 17.2. The van der Waals surface area contributed by atoms with Crippen molar-refractivity contribution in [3.05, 3.63) is 94.7 Å². The summed E-state index contributed by atoms with van der Waals surface area (Å²) in [6.07, 6.45) is 20.1. The van der Waals surface area contributed by atoms with Gasteiger partial charge >= 0.3 is 0 Å². The molecule has 1 aliphatic carbocycles. The Balaban J connectivity index is 1.25. The predicted octanol–water partition coefficient (Wildman–Crippen LogP) is 9.64. The van der Waals surface area contributed by atoms with Crippen LogP contribution in [0.4, 0.5) is 5.69 Å². The molecule has 0 bridgehead atoms. The summed E-state index contributed by atoms with van der Waals surface area (Å²) in [4.78, 5) is 20.5. The number of hydrogen-bond acceptors (Lipinski definition) is 4. The number of ketones is 1. The van der Waals surface area contributed by atoms with Gasteiger partial charge in [0.2, 0.25) is 0 Å². The van der Waals surface area contributed by atoms with Crippen LogP contribution in [-0.2, 0) is 17.6 Å². The lowest BCUT2D eigenvalue weighted by Gasteiger charge is -2.24. The highest BCUT2D eigenvalue weighted by atomic mass is 16.5. The van der Waals surface area contributed by atoms with Gasteiger partial charge in [0.25, 0.3) is 0 Å². The van der Waals surface area contributed by atoms with E-state index in [-0.39, 0.29) is 5.78 Å². The van der Waals surface area contributed by atoms with Crippen LogP contribution in [0.25, 0.3) is 0 Å². The Labute approximate surface area is 266 Å². The highest BCUT2D eigenvalue weighted by Gasteiger charge is 2.21. The van der Waals surface area contributed by atoms with Crippen LogP contribution in [0.1, 0.15) is 95.6 Å². The van der Waals surface area contributed by atoms with Crippen LogP contribution in [0.3, 0.4) is 0 Å². The highest BCUT2D eigenvalue weighted by molar-refractivity contribution is 5.92. The molecule has 0 N–H and O–H groups in total. The van der Waals surface area contributed by atoms with Crippen LogP contribution in [-0.4, -0.2) is 31.7 Å². The zero-order valence-corrected chi connectivity index (χ0v) is 27.3. The molecule has 1 fully saturated rings. The van der Waals surface area contributed by atoms with Crippen molar-refractivity contribution in [1.82, 2.24) is 0 Å². The summed E-state index contributed by atoms with van der Waals surface area (Å²) in [6, 6.07) is 17.7. The van der Waals surface area contributed by atoms with Gasteiger partial charge in [-0.05, 0) is 135 Å². The van der Waals surface area contributed by atoms with Crippen molar-refractivity contribution in [3.63, 3.8) is 0 Å². The lowest BCUT2D eigenvalue weighted by Crippen LogP contribution is -2.25. The van der Waals surface area contributed by atoms with Crippen molar-refractivity contribution in [3.8, 4) is 5.75 Å². The minimum Gasteiger partial charge on any atom is -0.497 e. The van der Waals surface area contributed by atoms with Gasteiger partial charge in [-0.3, -0.25) is 9.79 Å². The molecule has 234 valence electrons. The maximum atomic E-state index is 12.5. The maximum Gasteiger partial charge on any atom is 0.156 e. The zero-order valence-electron chi connectivity index (χ0n) is 27.3. The second-order valence-corrected chi connectivity index (χ2v) is 13.2. The first-order valence-corrected chi connectivity index (χ1v) is 17.2. The van der Waals surface area contributed by atoms with E-state index in [1.54, 1.807) is 13.2 Å². The number of methoxy groups -OCH3 is 1. The van der Waals surface area contributed by atoms with E-state index in [1.165, 1.54) is 73.3 Å².